The number of benzene rings is 2. The number of rotatable bonds is 5. The van der Waals surface area contributed by atoms with E-state index in [9.17, 15) is 9.59 Å². The Kier molecular flexibility index (Phi) is 4.24. The summed E-state index contributed by atoms with van der Waals surface area (Å²) in [5.74, 6) is 0.812. The van der Waals surface area contributed by atoms with Crippen molar-refractivity contribution in [3.8, 4) is 23.0 Å². The average molecular weight is 329 g/mol. The maximum Gasteiger partial charge on any atom is 0.343 e. The number of primary amides is 1. The zero-order valence-corrected chi connectivity index (χ0v) is 12.9. The van der Waals surface area contributed by atoms with E-state index in [1.807, 2.05) is 0 Å². The molecule has 0 aliphatic carbocycles. The first-order valence-corrected chi connectivity index (χ1v) is 7.21. The van der Waals surface area contributed by atoms with E-state index < -0.39 is 18.0 Å². The Bertz CT molecular complexity index is 771. The number of esters is 1. The summed E-state index contributed by atoms with van der Waals surface area (Å²) in [7, 11) is 0. The van der Waals surface area contributed by atoms with E-state index in [0.29, 0.717) is 28.6 Å². The third-order valence-electron chi connectivity index (χ3n) is 3.36. The Morgan fingerprint density at radius 3 is 2.42 bits per heavy atom. The van der Waals surface area contributed by atoms with Crippen LogP contribution >= 0.6 is 0 Å². The molecule has 0 aromatic heterocycles. The van der Waals surface area contributed by atoms with Gasteiger partial charge in [-0.2, -0.15) is 0 Å². The lowest BCUT2D eigenvalue weighted by Gasteiger charge is -2.11. The van der Waals surface area contributed by atoms with E-state index in [1.54, 1.807) is 49.4 Å². The van der Waals surface area contributed by atoms with Crippen LogP contribution in [0.2, 0.25) is 0 Å². The summed E-state index contributed by atoms with van der Waals surface area (Å²) in [6, 6.07) is 11.1. The molecule has 124 valence electrons. The Labute approximate surface area is 137 Å². The molecule has 0 fully saturated rings. The van der Waals surface area contributed by atoms with E-state index in [-0.39, 0.29) is 6.79 Å². The van der Waals surface area contributed by atoms with E-state index in [0.717, 1.165) is 0 Å². The van der Waals surface area contributed by atoms with Crippen LogP contribution in [0.3, 0.4) is 0 Å². The van der Waals surface area contributed by atoms with Gasteiger partial charge in [0.25, 0.3) is 5.91 Å². The van der Waals surface area contributed by atoms with Crippen molar-refractivity contribution in [2.75, 3.05) is 6.79 Å². The number of hydrogen-bond acceptors (Lipinski definition) is 6. The molecule has 0 saturated carbocycles. The molecule has 24 heavy (non-hydrogen) atoms. The summed E-state index contributed by atoms with van der Waals surface area (Å²) < 4.78 is 21.0. The van der Waals surface area contributed by atoms with Crippen LogP contribution in [-0.2, 0) is 4.79 Å². The number of hydrogen-bond donors (Lipinski definition) is 1. The van der Waals surface area contributed by atoms with Gasteiger partial charge in [-0.1, -0.05) is 0 Å². The van der Waals surface area contributed by atoms with Crippen molar-refractivity contribution in [2.45, 2.75) is 13.0 Å². The predicted octanol–water partition coefficient (Wildman–Crippen LogP) is 1.89. The fourth-order valence-corrected chi connectivity index (χ4v) is 2.04. The standard InChI is InChI=1S/C17H15NO6/c1-10(16(18)19)23-12-3-5-13(6-4-12)24-17(20)11-2-7-14-15(8-11)22-9-21-14/h2-8,10H,9H2,1H3,(H2,18,19)/t10-/m0/s1. The molecular formula is C17H15NO6. The van der Waals surface area contributed by atoms with Crippen LogP contribution in [0.4, 0.5) is 0 Å². The highest BCUT2D eigenvalue weighted by atomic mass is 16.7. The average Bonchev–Trinajstić information content (AvgIpc) is 3.04. The lowest BCUT2D eigenvalue weighted by molar-refractivity contribution is -0.123. The zero-order valence-electron chi connectivity index (χ0n) is 12.9. The molecule has 1 aliphatic rings. The lowest BCUT2D eigenvalue weighted by atomic mass is 10.2. The van der Waals surface area contributed by atoms with Gasteiger partial charge in [0.1, 0.15) is 11.5 Å². The van der Waals surface area contributed by atoms with Gasteiger partial charge < -0.3 is 24.7 Å². The van der Waals surface area contributed by atoms with Gasteiger partial charge in [-0.05, 0) is 49.4 Å². The minimum absolute atomic E-state index is 0.138. The summed E-state index contributed by atoms with van der Waals surface area (Å²) in [6.45, 7) is 1.69. The Morgan fingerprint density at radius 2 is 1.71 bits per heavy atom. The highest BCUT2D eigenvalue weighted by Gasteiger charge is 2.17. The summed E-state index contributed by atoms with van der Waals surface area (Å²) in [6.07, 6.45) is -0.743. The molecule has 7 heteroatoms. The normalized spacial score (nSPS) is 13.2. The second-order valence-electron chi connectivity index (χ2n) is 5.09. The molecule has 0 unspecified atom stereocenters. The third-order valence-corrected chi connectivity index (χ3v) is 3.36. The van der Waals surface area contributed by atoms with Crippen LogP contribution < -0.4 is 24.7 Å². The van der Waals surface area contributed by atoms with E-state index in [4.69, 9.17) is 24.7 Å². The molecule has 1 amide bonds. The maximum absolute atomic E-state index is 12.2. The number of nitrogens with two attached hydrogens (primary N) is 1. The van der Waals surface area contributed by atoms with Crippen molar-refractivity contribution in [1.82, 2.24) is 0 Å². The smallest absolute Gasteiger partial charge is 0.343 e. The Hall–Kier alpha value is -3.22. The van der Waals surface area contributed by atoms with Gasteiger partial charge >= 0.3 is 5.97 Å². The van der Waals surface area contributed by atoms with Gasteiger partial charge in [0, 0.05) is 0 Å². The van der Waals surface area contributed by atoms with E-state index >= 15 is 0 Å². The molecule has 2 aromatic rings. The molecule has 1 atom stereocenters. The maximum atomic E-state index is 12.2. The first-order valence-electron chi connectivity index (χ1n) is 7.21. The van der Waals surface area contributed by atoms with Crippen molar-refractivity contribution in [2.24, 2.45) is 5.73 Å². The quantitative estimate of drug-likeness (QED) is 0.664. The van der Waals surface area contributed by atoms with E-state index in [1.165, 1.54) is 0 Å². The summed E-state index contributed by atoms with van der Waals surface area (Å²) in [4.78, 5) is 23.1. The first-order chi connectivity index (χ1) is 11.5. The summed E-state index contributed by atoms with van der Waals surface area (Å²) in [5, 5.41) is 0. The second-order valence-corrected chi connectivity index (χ2v) is 5.09. The van der Waals surface area contributed by atoms with Crippen LogP contribution in [0.5, 0.6) is 23.0 Å². The Morgan fingerprint density at radius 1 is 1.04 bits per heavy atom. The van der Waals surface area contributed by atoms with Crippen molar-refractivity contribution in [3.05, 3.63) is 48.0 Å². The van der Waals surface area contributed by atoms with Gasteiger partial charge in [0.05, 0.1) is 5.56 Å². The molecule has 0 radical (unpaired) electrons. The predicted molar refractivity (Wildman–Crippen MR) is 83.2 cm³/mol. The number of carbonyl (C=O) groups is 2. The molecule has 3 rings (SSSR count). The largest absolute Gasteiger partial charge is 0.481 e. The van der Waals surface area contributed by atoms with Crippen LogP contribution in [0.25, 0.3) is 0 Å². The fraction of sp³-hybridized carbons (Fsp3) is 0.176. The molecule has 7 nitrogen and oxygen atoms in total. The van der Waals surface area contributed by atoms with Gasteiger partial charge in [0.15, 0.2) is 17.6 Å². The van der Waals surface area contributed by atoms with Crippen molar-refractivity contribution < 1.29 is 28.5 Å². The van der Waals surface area contributed by atoms with Gasteiger partial charge in [-0.25, -0.2) is 4.79 Å². The number of amides is 1. The fourth-order valence-electron chi connectivity index (χ4n) is 2.04. The van der Waals surface area contributed by atoms with Crippen LogP contribution in [0.1, 0.15) is 17.3 Å². The topological polar surface area (TPSA) is 97.1 Å². The summed E-state index contributed by atoms with van der Waals surface area (Å²) >= 11 is 0. The highest BCUT2D eigenvalue weighted by molar-refractivity contribution is 5.91. The zero-order chi connectivity index (χ0) is 17.1. The molecule has 1 heterocycles. The first kappa shape index (κ1) is 15.7. The van der Waals surface area contributed by atoms with Crippen molar-refractivity contribution in [3.63, 3.8) is 0 Å². The number of ether oxygens (including phenoxy) is 4. The lowest BCUT2D eigenvalue weighted by Crippen LogP contribution is -2.30. The van der Waals surface area contributed by atoms with Crippen LogP contribution in [0.15, 0.2) is 42.5 Å². The molecule has 2 aromatic carbocycles. The molecule has 2 N–H and O–H groups in total. The number of fused-ring (bicyclic) bond motifs is 1. The summed E-state index contributed by atoms with van der Waals surface area (Å²) in [5.41, 5.74) is 5.48. The Balaban J connectivity index is 1.65. The molecular weight excluding hydrogens is 314 g/mol. The molecule has 0 bridgehead atoms. The minimum Gasteiger partial charge on any atom is -0.481 e. The van der Waals surface area contributed by atoms with Gasteiger partial charge in [-0.3, -0.25) is 4.79 Å². The monoisotopic (exact) mass is 329 g/mol. The second kappa shape index (κ2) is 6.49. The highest BCUT2D eigenvalue weighted by Crippen LogP contribution is 2.32. The minimum atomic E-state index is -0.743. The van der Waals surface area contributed by atoms with Crippen molar-refractivity contribution >= 4 is 11.9 Å². The van der Waals surface area contributed by atoms with E-state index in [2.05, 4.69) is 0 Å². The third kappa shape index (κ3) is 3.40. The van der Waals surface area contributed by atoms with Crippen molar-refractivity contribution in [1.29, 1.82) is 0 Å². The van der Waals surface area contributed by atoms with Gasteiger partial charge in [0.2, 0.25) is 6.79 Å². The number of carbonyl (C=O) groups excluding carboxylic acids is 2. The van der Waals surface area contributed by atoms with Crippen LogP contribution in [-0.4, -0.2) is 24.8 Å². The molecule has 0 spiro atoms. The molecule has 1 aliphatic heterocycles. The molecule has 0 saturated heterocycles. The SMILES string of the molecule is C[C@H](Oc1ccc(OC(=O)c2ccc3c(c2)OCO3)cc1)C(N)=O. The van der Waals surface area contributed by atoms with Gasteiger partial charge in [-0.15, -0.1) is 0 Å². The van der Waals surface area contributed by atoms with Crippen LogP contribution in [0, 0.1) is 0 Å².